The number of anilines is 1. The zero-order chi connectivity index (χ0) is 23.4. The van der Waals surface area contributed by atoms with E-state index in [4.69, 9.17) is 4.74 Å². The van der Waals surface area contributed by atoms with Gasteiger partial charge in [-0.2, -0.15) is 0 Å². The van der Waals surface area contributed by atoms with E-state index in [1.807, 2.05) is 49.4 Å². The number of ether oxygens (including phenoxy) is 1. The summed E-state index contributed by atoms with van der Waals surface area (Å²) in [5.74, 6) is 0.518. The van der Waals surface area contributed by atoms with Crippen molar-refractivity contribution in [1.82, 2.24) is 4.90 Å². The number of benzene rings is 2. The topological polar surface area (TPSA) is 62.2 Å². The molecule has 2 aromatic carbocycles. The molecule has 0 spiro atoms. The van der Waals surface area contributed by atoms with E-state index in [1.54, 1.807) is 9.80 Å². The number of amidine groups is 1. The molecule has 1 fully saturated rings. The average Bonchev–Trinajstić information content (AvgIpc) is 3.13. The van der Waals surface area contributed by atoms with Gasteiger partial charge in [0.15, 0.2) is 5.17 Å². The molecule has 1 saturated heterocycles. The van der Waals surface area contributed by atoms with Gasteiger partial charge >= 0.3 is 0 Å². The smallest absolute Gasteiger partial charge is 0.283 e. The highest BCUT2D eigenvalue weighted by Gasteiger charge is 2.32. The molecule has 2 aliphatic heterocycles. The number of thioether (sulfide) groups is 1. The van der Waals surface area contributed by atoms with Crippen molar-refractivity contribution in [3.05, 3.63) is 70.9 Å². The molecule has 0 atom stereocenters. The molecule has 6 nitrogen and oxygen atoms in total. The van der Waals surface area contributed by atoms with Gasteiger partial charge in [0.2, 0.25) is 5.91 Å². The minimum Gasteiger partial charge on any atom is -0.378 e. The van der Waals surface area contributed by atoms with Crippen molar-refractivity contribution in [2.75, 3.05) is 37.0 Å². The zero-order valence-electron chi connectivity index (χ0n) is 19.3. The number of aryl methyl sites for hydroxylation is 1. The Morgan fingerprint density at radius 1 is 1.09 bits per heavy atom. The minimum atomic E-state index is -0.187. The van der Waals surface area contributed by atoms with Crippen LogP contribution in [0.4, 0.5) is 5.69 Å². The first-order chi connectivity index (χ1) is 15.9. The number of carbonyl (C=O) groups is 2. The van der Waals surface area contributed by atoms with Gasteiger partial charge in [-0.25, -0.2) is 4.99 Å². The Balaban J connectivity index is 1.58. The van der Waals surface area contributed by atoms with Crippen LogP contribution in [0.1, 0.15) is 36.5 Å². The summed E-state index contributed by atoms with van der Waals surface area (Å²) in [6, 6.07) is 15.9. The highest BCUT2D eigenvalue weighted by atomic mass is 32.2. The maximum atomic E-state index is 13.3. The third kappa shape index (κ3) is 5.54. The van der Waals surface area contributed by atoms with E-state index in [-0.39, 0.29) is 17.6 Å². The van der Waals surface area contributed by atoms with Crippen LogP contribution in [0.2, 0.25) is 0 Å². The Kier molecular flexibility index (Phi) is 7.30. The third-order valence-electron chi connectivity index (χ3n) is 5.72. The van der Waals surface area contributed by atoms with Crippen LogP contribution >= 0.6 is 11.8 Å². The average molecular weight is 464 g/mol. The van der Waals surface area contributed by atoms with Crippen LogP contribution in [0.3, 0.4) is 0 Å². The number of morpholine rings is 1. The Morgan fingerprint density at radius 2 is 1.76 bits per heavy atom. The molecule has 2 heterocycles. The Hall–Kier alpha value is -2.90. The highest BCUT2D eigenvalue weighted by molar-refractivity contribution is 8.14. The molecule has 172 valence electrons. The van der Waals surface area contributed by atoms with Crippen molar-refractivity contribution in [3.63, 3.8) is 0 Å². The van der Waals surface area contributed by atoms with Gasteiger partial charge in [-0.05, 0) is 42.2 Å². The molecule has 2 aromatic rings. The van der Waals surface area contributed by atoms with Gasteiger partial charge in [0.05, 0.1) is 24.7 Å². The fraction of sp³-hybridized carbons (Fsp3) is 0.346. The lowest BCUT2D eigenvalue weighted by molar-refractivity contribution is -0.132. The van der Waals surface area contributed by atoms with Crippen LogP contribution in [-0.2, 0) is 14.3 Å². The lowest BCUT2D eigenvalue weighted by Gasteiger charge is -2.27. The standard InChI is InChI=1S/C26H29N3O3S/c1-18(2)21-8-6-20(7-9-21)16-23-25(31)29(22-10-4-19(3)5-11-22)26(27-23)33-17-24(30)28-12-14-32-15-13-28/h4-11,16,18H,12-15,17H2,1-3H3/b23-16-. The van der Waals surface area contributed by atoms with Gasteiger partial charge in [-0.15, -0.1) is 0 Å². The second kappa shape index (κ2) is 10.4. The lowest BCUT2D eigenvalue weighted by atomic mass is 10.0. The zero-order valence-corrected chi connectivity index (χ0v) is 20.1. The molecule has 0 unspecified atom stereocenters. The normalized spacial score (nSPS) is 17.8. The molecular formula is C26H29N3O3S. The Bertz CT molecular complexity index is 1070. The Labute approximate surface area is 199 Å². The van der Waals surface area contributed by atoms with Crippen LogP contribution in [0.15, 0.2) is 59.2 Å². The molecule has 2 amide bonds. The van der Waals surface area contributed by atoms with Gasteiger partial charge < -0.3 is 9.64 Å². The maximum absolute atomic E-state index is 13.3. The number of hydrogen-bond donors (Lipinski definition) is 0. The van der Waals surface area contributed by atoms with E-state index in [1.165, 1.54) is 17.3 Å². The summed E-state index contributed by atoms with van der Waals surface area (Å²) in [7, 11) is 0. The summed E-state index contributed by atoms with van der Waals surface area (Å²) < 4.78 is 5.33. The summed E-state index contributed by atoms with van der Waals surface area (Å²) in [4.78, 5) is 34.1. The molecule has 2 aliphatic rings. The number of rotatable bonds is 5. The largest absolute Gasteiger partial charge is 0.378 e. The van der Waals surface area contributed by atoms with Crippen molar-refractivity contribution < 1.29 is 14.3 Å². The van der Waals surface area contributed by atoms with Gasteiger partial charge in [-0.1, -0.05) is 67.6 Å². The number of carbonyl (C=O) groups excluding carboxylic acids is 2. The summed E-state index contributed by atoms with van der Waals surface area (Å²) >= 11 is 1.30. The first-order valence-electron chi connectivity index (χ1n) is 11.2. The van der Waals surface area contributed by atoms with Crippen LogP contribution in [0.25, 0.3) is 6.08 Å². The van der Waals surface area contributed by atoms with E-state index >= 15 is 0 Å². The molecular weight excluding hydrogens is 434 g/mol. The molecule has 0 saturated carbocycles. The van der Waals surface area contributed by atoms with E-state index in [0.29, 0.717) is 43.1 Å². The van der Waals surface area contributed by atoms with Crippen molar-refractivity contribution in [3.8, 4) is 0 Å². The molecule has 0 N–H and O–H groups in total. The fourth-order valence-corrected chi connectivity index (χ4v) is 4.60. The van der Waals surface area contributed by atoms with E-state index in [2.05, 4.69) is 31.0 Å². The highest BCUT2D eigenvalue weighted by Crippen LogP contribution is 2.30. The Morgan fingerprint density at radius 3 is 2.39 bits per heavy atom. The molecule has 0 aromatic heterocycles. The van der Waals surface area contributed by atoms with Crippen molar-refractivity contribution >= 4 is 40.5 Å². The molecule has 0 bridgehead atoms. The van der Waals surface area contributed by atoms with Crippen LogP contribution in [0, 0.1) is 6.92 Å². The van der Waals surface area contributed by atoms with E-state index in [0.717, 1.165) is 16.8 Å². The third-order valence-corrected chi connectivity index (χ3v) is 6.64. The van der Waals surface area contributed by atoms with Crippen molar-refractivity contribution in [2.45, 2.75) is 26.7 Å². The second-order valence-corrected chi connectivity index (χ2v) is 9.45. The first-order valence-corrected chi connectivity index (χ1v) is 12.2. The van der Waals surface area contributed by atoms with Crippen LogP contribution in [0.5, 0.6) is 0 Å². The maximum Gasteiger partial charge on any atom is 0.283 e. The quantitative estimate of drug-likeness (QED) is 0.615. The monoisotopic (exact) mass is 463 g/mol. The number of aliphatic imine (C=N–C) groups is 1. The molecule has 7 heteroatoms. The van der Waals surface area contributed by atoms with Crippen molar-refractivity contribution in [1.29, 1.82) is 0 Å². The fourth-order valence-electron chi connectivity index (χ4n) is 3.68. The molecule has 0 radical (unpaired) electrons. The van der Waals surface area contributed by atoms with Crippen LogP contribution in [-0.4, -0.2) is 53.9 Å². The first kappa shape index (κ1) is 23.3. The SMILES string of the molecule is Cc1ccc(N2C(=O)/C(=C/c3ccc(C(C)C)cc3)N=C2SCC(=O)N2CCOCC2)cc1. The van der Waals surface area contributed by atoms with E-state index < -0.39 is 0 Å². The minimum absolute atomic E-state index is 0.0315. The number of hydrogen-bond acceptors (Lipinski definition) is 5. The summed E-state index contributed by atoms with van der Waals surface area (Å²) in [6.07, 6.45) is 1.81. The number of nitrogens with zero attached hydrogens (tertiary/aromatic N) is 3. The molecule has 4 rings (SSSR count). The lowest BCUT2D eigenvalue weighted by Crippen LogP contribution is -2.42. The summed E-state index contributed by atoms with van der Waals surface area (Å²) in [5, 5.41) is 0.524. The van der Waals surface area contributed by atoms with Gasteiger partial charge in [-0.3, -0.25) is 14.5 Å². The van der Waals surface area contributed by atoms with Gasteiger partial charge in [0.1, 0.15) is 5.70 Å². The number of amides is 2. The van der Waals surface area contributed by atoms with E-state index in [9.17, 15) is 9.59 Å². The predicted molar refractivity (Wildman–Crippen MR) is 134 cm³/mol. The predicted octanol–water partition coefficient (Wildman–Crippen LogP) is 4.45. The second-order valence-electron chi connectivity index (χ2n) is 8.50. The molecule has 0 aliphatic carbocycles. The summed E-state index contributed by atoms with van der Waals surface area (Å²) in [5.41, 5.74) is 4.40. The van der Waals surface area contributed by atoms with Gasteiger partial charge in [0, 0.05) is 13.1 Å². The van der Waals surface area contributed by atoms with Crippen molar-refractivity contribution in [2.24, 2.45) is 4.99 Å². The summed E-state index contributed by atoms with van der Waals surface area (Å²) in [6.45, 7) is 8.64. The molecule has 33 heavy (non-hydrogen) atoms. The van der Waals surface area contributed by atoms with Crippen LogP contribution < -0.4 is 4.90 Å². The van der Waals surface area contributed by atoms with Gasteiger partial charge in [0.25, 0.3) is 5.91 Å².